The zero-order valence-electron chi connectivity index (χ0n) is 15.8. The lowest BCUT2D eigenvalue weighted by Gasteiger charge is -2.12. The van der Waals surface area contributed by atoms with E-state index < -0.39 is 0 Å². The normalized spacial score (nSPS) is 14.4. The van der Waals surface area contributed by atoms with Gasteiger partial charge in [-0.25, -0.2) is 9.67 Å². The molecule has 1 aliphatic carbocycles. The van der Waals surface area contributed by atoms with Crippen molar-refractivity contribution < 1.29 is 4.79 Å². The molecule has 152 valence electrons. The molecular weight excluding hydrogens is 430 g/mol. The summed E-state index contributed by atoms with van der Waals surface area (Å²) in [7, 11) is 1.93. The van der Waals surface area contributed by atoms with Gasteiger partial charge in [-0.3, -0.25) is 4.79 Å². The van der Waals surface area contributed by atoms with Crippen LogP contribution in [0.25, 0.3) is 0 Å². The van der Waals surface area contributed by atoms with E-state index in [-0.39, 0.29) is 11.7 Å². The summed E-state index contributed by atoms with van der Waals surface area (Å²) in [6.45, 7) is 0. The summed E-state index contributed by atoms with van der Waals surface area (Å²) in [5, 5.41) is 17.0. The van der Waals surface area contributed by atoms with E-state index in [1.807, 2.05) is 28.6 Å². The third-order valence-electron chi connectivity index (χ3n) is 4.66. The Kier molecular flexibility index (Phi) is 6.41. The van der Waals surface area contributed by atoms with E-state index in [1.54, 1.807) is 18.3 Å². The Bertz CT molecular complexity index is 1000. The number of benzene rings is 1. The van der Waals surface area contributed by atoms with Gasteiger partial charge in [0.1, 0.15) is 0 Å². The van der Waals surface area contributed by atoms with Crippen molar-refractivity contribution in [2.45, 2.75) is 46.9 Å². The average molecular weight is 450 g/mol. The summed E-state index contributed by atoms with van der Waals surface area (Å²) in [5.74, 6) is 0.0754. The Labute approximate surface area is 181 Å². The van der Waals surface area contributed by atoms with Gasteiger partial charge in [-0.2, -0.15) is 0 Å². The maximum absolute atomic E-state index is 12.6. The first-order valence-electron chi connectivity index (χ1n) is 9.25. The highest BCUT2D eigenvalue weighted by atomic mass is 35.5. The quantitative estimate of drug-likeness (QED) is 0.544. The van der Waals surface area contributed by atoms with E-state index in [2.05, 4.69) is 25.8 Å². The lowest BCUT2D eigenvalue weighted by molar-refractivity contribution is -0.113. The number of carbonyl (C=O) groups excluding carboxylic acids is 1. The molecule has 2 aromatic heterocycles. The van der Waals surface area contributed by atoms with Crippen molar-refractivity contribution in [3.8, 4) is 0 Å². The molecule has 0 spiro atoms. The average Bonchev–Trinajstić information content (AvgIpc) is 3.44. The number of tetrazole rings is 1. The van der Waals surface area contributed by atoms with E-state index >= 15 is 0 Å². The number of aryl methyl sites for hydroxylation is 1. The van der Waals surface area contributed by atoms with Gasteiger partial charge in [0.25, 0.3) is 0 Å². The topological polar surface area (TPSA) is 90.5 Å². The standard InChI is InChI=1S/C18H20ClN7OS2/c1-25-9-8-20-17(25)29-15-7-6-12(19)10-14(15)21-16(27)11-28-18-22-23-24-26(18)13-4-2-3-5-13/h6-10,13H,2-5,11H2,1H3,(H,21,27). The molecule has 1 fully saturated rings. The Morgan fingerprint density at radius 1 is 1.31 bits per heavy atom. The minimum Gasteiger partial charge on any atom is -0.329 e. The molecule has 8 nitrogen and oxygen atoms in total. The zero-order chi connectivity index (χ0) is 20.2. The summed E-state index contributed by atoms with van der Waals surface area (Å²) < 4.78 is 3.77. The third kappa shape index (κ3) is 4.93. The molecule has 0 atom stereocenters. The second-order valence-electron chi connectivity index (χ2n) is 6.74. The SMILES string of the molecule is Cn1ccnc1Sc1ccc(Cl)cc1NC(=O)CSc1nnnn1C1CCCC1. The van der Waals surface area contributed by atoms with Crippen molar-refractivity contribution in [1.29, 1.82) is 0 Å². The molecule has 29 heavy (non-hydrogen) atoms. The molecule has 4 rings (SSSR count). The Balaban J connectivity index is 1.42. The van der Waals surface area contributed by atoms with Gasteiger partial charge < -0.3 is 9.88 Å². The minimum atomic E-state index is -0.139. The second kappa shape index (κ2) is 9.19. The van der Waals surface area contributed by atoms with Gasteiger partial charge >= 0.3 is 0 Å². The fourth-order valence-corrected chi connectivity index (χ4v) is 5.00. The van der Waals surface area contributed by atoms with Crippen LogP contribution in [0.4, 0.5) is 5.69 Å². The largest absolute Gasteiger partial charge is 0.329 e. The number of rotatable bonds is 7. The predicted octanol–water partition coefficient (Wildman–Crippen LogP) is 4.06. The van der Waals surface area contributed by atoms with Gasteiger partial charge in [0.2, 0.25) is 11.1 Å². The van der Waals surface area contributed by atoms with Crippen LogP contribution >= 0.6 is 35.1 Å². The summed E-state index contributed by atoms with van der Waals surface area (Å²) in [5.41, 5.74) is 0.659. The molecule has 0 aliphatic heterocycles. The number of carbonyl (C=O) groups is 1. The first kappa shape index (κ1) is 20.2. The van der Waals surface area contributed by atoms with Crippen molar-refractivity contribution in [2.24, 2.45) is 7.05 Å². The molecule has 1 saturated carbocycles. The van der Waals surface area contributed by atoms with Crippen molar-refractivity contribution in [3.63, 3.8) is 0 Å². The molecular formula is C18H20ClN7OS2. The van der Waals surface area contributed by atoms with E-state index in [4.69, 9.17) is 11.6 Å². The van der Waals surface area contributed by atoms with Crippen molar-refractivity contribution in [2.75, 3.05) is 11.1 Å². The highest BCUT2D eigenvalue weighted by molar-refractivity contribution is 8.00. The lowest BCUT2D eigenvalue weighted by atomic mass is 10.3. The van der Waals surface area contributed by atoms with Crippen LogP contribution in [0.5, 0.6) is 0 Å². The maximum atomic E-state index is 12.6. The molecule has 11 heteroatoms. The predicted molar refractivity (Wildman–Crippen MR) is 113 cm³/mol. The maximum Gasteiger partial charge on any atom is 0.234 e. The lowest BCUT2D eigenvalue weighted by Crippen LogP contribution is -2.16. The van der Waals surface area contributed by atoms with Gasteiger partial charge in [0, 0.05) is 29.4 Å². The number of imidazole rings is 1. The van der Waals surface area contributed by atoms with Crippen LogP contribution in [0, 0.1) is 0 Å². The molecule has 0 radical (unpaired) electrons. The number of nitrogens with one attached hydrogen (secondary N) is 1. The van der Waals surface area contributed by atoms with Crippen LogP contribution in [-0.4, -0.2) is 41.4 Å². The van der Waals surface area contributed by atoms with E-state index in [1.165, 1.54) is 36.4 Å². The summed E-state index contributed by atoms with van der Waals surface area (Å²) in [4.78, 5) is 17.8. The number of aromatic nitrogens is 6. The molecule has 1 aliphatic rings. The third-order valence-corrected chi connectivity index (χ3v) is 6.98. The van der Waals surface area contributed by atoms with Crippen molar-refractivity contribution >= 4 is 46.7 Å². The number of nitrogens with zero attached hydrogens (tertiary/aromatic N) is 6. The van der Waals surface area contributed by atoms with Gasteiger partial charge in [0.05, 0.1) is 17.5 Å². The highest BCUT2D eigenvalue weighted by Gasteiger charge is 2.22. The monoisotopic (exact) mass is 449 g/mol. The summed E-state index contributed by atoms with van der Waals surface area (Å²) >= 11 is 8.96. The first-order chi connectivity index (χ1) is 14.1. The number of anilines is 1. The molecule has 2 heterocycles. The first-order valence-corrected chi connectivity index (χ1v) is 11.4. The molecule has 0 bridgehead atoms. The Morgan fingerprint density at radius 2 is 2.14 bits per heavy atom. The molecule has 1 aromatic carbocycles. The van der Waals surface area contributed by atoms with Crippen molar-refractivity contribution in [3.05, 3.63) is 35.6 Å². The summed E-state index contributed by atoms with van der Waals surface area (Å²) in [6, 6.07) is 5.76. The van der Waals surface area contributed by atoms with E-state index in [0.29, 0.717) is 21.9 Å². The van der Waals surface area contributed by atoms with Gasteiger partial charge in [-0.15, -0.1) is 5.10 Å². The number of hydrogen-bond acceptors (Lipinski definition) is 7. The van der Waals surface area contributed by atoms with E-state index in [0.717, 1.165) is 22.9 Å². The zero-order valence-corrected chi connectivity index (χ0v) is 18.2. The van der Waals surface area contributed by atoms with E-state index in [9.17, 15) is 4.79 Å². The van der Waals surface area contributed by atoms with Crippen LogP contribution in [0.15, 0.2) is 45.8 Å². The molecule has 1 N–H and O–H groups in total. The van der Waals surface area contributed by atoms with Gasteiger partial charge in [-0.05, 0) is 53.2 Å². The van der Waals surface area contributed by atoms with Crippen LogP contribution in [0.3, 0.4) is 0 Å². The molecule has 0 unspecified atom stereocenters. The van der Waals surface area contributed by atoms with Gasteiger partial charge in [-0.1, -0.05) is 36.2 Å². The Hall–Kier alpha value is -2.04. The van der Waals surface area contributed by atoms with Crippen LogP contribution in [0.2, 0.25) is 5.02 Å². The van der Waals surface area contributed by atoms with Crippen LogP contribution in [0.1, 0.15) is 31.7 Å². The van der Waals surface area contributed by atoms with Gasteiger partial charge in [0.15, 0.2) is 5.16 Å². The summed E-state index contributed by atoms with van der Waals surface area (Å²) in [6.07, 6.45) is 8.17. The number of hydrogen-bond donors (Lipinski definition) is 1. The number of thioether (sulfide) groups is 1. The fourth-order valence-electron chi connectivity index (χ4n) is 3.21. The van der Waals surface area contributed by atoms with Crippen molar-refractivity contribution in [1.82, 2.24) is 29.8 Å². The second-order valence-corrected chi connectivity index (χ2v) is 9.13. The molecule has 1 amide bonds. The fraction of sp³-hybridized carbons (Fsp3) is 0.389. The number of halogens is 1. The smallest absolute Gasteiger partial charge is 0.234 e. The minimum absolute atomic E-state index is 0.139. The molecule has 0 saturated heterocycles. The number of amides is 1. The van der Waals surface area contributed by atoms with Crippen LogP contribution < -0.4 is 5.32 Å². The highest BCUT2D eigenvalue weighted by Crippen LogP contribution is 2.35. The molecule has 3 aromatic rings. The van der Waals surface area contributed by atoms with Crippen LogP contribution in [-0.2, 0) is 11.8 Å². The Morgan fingerprint density at radius 3 is 2.90 bits per heavy atom.